The van der Waals surface area contributed by atoms with Crippen molar-refractivity contribution in [2.75, 3.05) is 12.4 Å². The van der Waals surface area contributed by atoms with E-state index in [0.717, 1.165) is 18.8 Å². The predicted molar refractivity (Wildman–Crippen MR) is 65.5 cm³/mol. The molecule has 1 saturated heterocycles. The van der Waals surface area contributed by atoms with E-state index in [-0.39, 0.29) is 0 Å². The van der Waals surface area contributed by atoms with Crippen LogP contribution in [0.25, 0.3) is 0 Å². The van der Waals surface area contributed by atoms with Crippen LogP contribution < -0.4 is 0 Å². The zero-order valence-electron chi connectivity index (χ0n) is 8.86. The van der Waals surface area contributed by atoms with Crippen LogP contribution in [0.3, 0.4) is 0 Å². The number of piperidine rings is 1. The number of likely N-dealkylation sites (tertiary alicyclic amines) is 1. The lowest BCUT2D eigenvalue weighted by Crippen LogP contribution is -2.38. The van der Waals surface area contributed by atoms with E-state index in [1.165, 1.54) is 30.7 Å². The Morgan fingerprint density at radius 2 is 2.47 bits per heavy atom. The zero-order chi connectivity index (χ0) is 10.5. The van der Waals surface area contributed by atoms with Gasteiger partial charge in [0.15, 0.2) is 0 Å². The third-order valence-electron chi connectivity index (χ3n) is 3.03. The molecule has 1 aliphatic heterocycles. The average Bonchev–Trinajstić information content (AvgIpc) is 2.74. The first-order chi connectivity index (χ1) is 7.40. The summed E-state index contributed by atoms with van der Waals surface area (Å²) in [4.78, 5) is 8.07. The number of aromatic nitrogens is 1. The van der Waals surface area contributed by atoms with E-state index < -0.39 is 0 Å². The normalized spacial score (nSPS) is 23.1. The van der Waals surface area contributed by atoms with Gasteiger partial charge in [-0.15, -0.1) is 22.9 Å². The molecule has 1 aromatic rings. The molecule has 0 aromatic carbocycles. The summed E-state index contributed by atoms with van der Waals surface area (Å²) < 4.78 is 0. The van der Waals surface area contributed by atoms with Gasteiger partial charge in [0.25, 0.3) is 0 Å². The second-order valence-corrected chi connectivity index (χ2v) is 5.41. The minimum Gasteiger partial charge on any atom is -0.295 e. The third kappa shape index (κ3) is 3.16. The molecule has 4 heteroatoms. The summed E-state index contributed by atoms with van der Waals surface area (Å²) in [6, 6.07) is 0.693. The summed E-state index contributed by atoms with van der Waals surface area (Å²) in [5.74, 6) is 0.782. The molecule has 15 heavy (non-hydrogen) atoms. The molecule has 1 aromatic heterocycles. The number of halogens is 1. The molecule has 2 nitrogen and oxygen atoms in total. The molecule has 0 spiro atoms. The van der Waals surface area contributed by atoms with Crippen molar-refractivity contribution in [1.29, 1.82) is 0 Å². The lowest BCUT2D eigenvalue weighted by Gasteiger charge is -2.35. The van der Waals surface area contributed by atoms with Gasteiger partial charge >= 0.3 is 0 Å². The second kappa shape index (κ2) is 5.83. The molecule has 0 aliphatic carbocycles. The van der Waals surface area contributed by atoms with Crippen molar-refractivity contribution in [2.45, 2.75) is 38.3 Å². The average molecular weight is 245 g/mol. The Morgan fingerprint density at radius 3 is 3.20 bits per heavy atom. The number of hydrogen-bond donors (Lipinski definition) is 0. The molecule has 2 heterocycles. The Balaban J connectivity index is 1.92. The summed E-state index contributed by atoms with van der Waals surface area (Å²) in [7, 11) is 0. The van der Waals surface area contributed by atoms with Crippen LogP contribution in [0, 0.1) is 0 Å². The maximum atomic E-state index is 5.85. The highest BCUT2D eigenvalue weighted by atomic mass is 35.5. The Bertz CT molecular complexity index is 274. The molecular weight excluding hydrogens is 228 g/mol. The maximum Gasteiger partial charge on any atom is 0.0794 e. The highest BCUT2D eigenvalue weighted by Crippen LogP contribution is 2.23. The van der Waals surface area contributed by atoms with Crippen LogP contribution in [0.4, 0.5) is 0 Å². The first kappa shape index (κ1) is 11.4. The quantitative estimate of drug-likeness (QED) is 0.757. The van der Waals surface area contributed by atoms with Crippen molar-refractivity contribution in [2.24, 2.45) is 0 Å². The first-order valence-corrected chi connectivity index (χ1v) is 6.99. The van der Waals surface area contributed by atoms with E-state index >= 15 is 0 Å². The van der Waals surface area contributed by atoms with Gasteiger partial charge in [-0.2, -0.15) is 0 Å². The molecule has 0 N–H and O–H groups in total. The molecule has 0 saturated carbocycles. The molecular formula is C11H17ClN2S. The number of nitrogens with zero attached hydrogens (tertiary/aromatic N) is 2. The number of rotatable bonds is 4. The Morgan fingerprint density at radius 1 is 1.53 bits per heavy atom. The fourth-order valence-corrected chi connectivity index (χ4v) is 3.11. The molecule has 0 bridgehead atoms. The summed E-state index contributed by atoms with van der Waals surface area (Å²) in [5, 5.41) is 0. The monoisotopic (exact) mass is 244 g/mol. The van der Waals surface area contributed by atoms with Crippen LogP contribution in [0.1, 0.15) is 30.6 Å². The van der Waals surface area contributed by atoms with Crippen molar-refractivity contribution < 1.29 is 0 Å². The van der Waals surface area contributed by atoms with Crippen molar-refractivity contribution in [3.63, 3.8) is 0 Å². The van der Waals surface area contributed by atoms with Gasteiger partial charge in [-0.25, -0.2) is 0 Å². The number of hydrogen-bond acceptors (Lipinski definition) is 3. The van der Waals surface area contributed by atoms with Gasteiger partial charge in [-0.05, 0) is 25.8 Å². The summed E-state index contributed by atoms with van der Waals surface area (Å²) in [6.45, 7) is 2.28. The lowest BCUT2D eigenvalue weighted by molar-refractivity contribution is 0.138. The van der Waals surface area contributed by atoms with Crippen LogP contribution in [-0.2, 0) is 6.54 Å². The van der Waals surface area contributed by atoms with Crippen LogP contribution in [-0.4, -0.2) is 28.4 Å². The molecule has 1 fully saturated rings. The Labute approximate surface area is 100 Å². The molecule has 1 atom stereocenters. The number of alkyl halides is 1. The predicted octanol–water partition coefficient (Wildman–Crippen LogP) is 3.13. The smallest absolute Gasteiger partial charge is 0.0794 e. The van der Waals surface area contributed by atoms with E-state index in [1.54, 1.807) is 11.3 Å². The van der Waals surface area contributed by atoms with Gasteiger partial charge in [0.2, 0.25) is 0 Å². The topological polar surface area (TPSA) is 16.1 Å². The van der Waals surface area contributed by atoms with Gasteiger partial charge < -0.3 is 0 Å². The summed E-state index contributed by atoms with van der Waals surface area (Å²) in [6.07, 6.45) is 7.11. The second-order valence-electron chi connectivity index (χ2n) is 4.07. The van der Waals surface area contributed by atoms with Crippen LogP contribution >= 0.6 is 22.9 Å². The fraction of sp³-hybridized carbons (Fsp3) is 0.727. The highest BCUT2D eigenvalue weighted by molar-refractivity contribution is 7.09. The highest BCUT2D eigenvalue weighted by Gasteiger charge is 2.21. The maximum absolute atomic E-state index is 5.85. The van der Waals surface area contributed by atoms with Gasteiger partial charge in [0, 0.05) is 29.5 Å². The first-order valence-electron chi connectivity index (χ1n) is 5.57. The van der Waals surface area contributed by atoms with Gasteiger partial charge in [0.1, 0.15) is 0 Å². The van der Waals surface area contributed by atoms with Crippen LogP contribution in [0.2, 0.25) is 0 Å². The van der Waals surface area contributed by atoms with Crippen molar-refractivity contribution in [3.05, 3.63) is 16.6 Å². The van der Waals surface area contributed by atoms with Gasteiger partial charge in [-0.1, -0.05) is 6.42 Å². The third-order valence-corrected chi connectivity index (χ3v) is 4.02. The van der Waals surface area contributed by atoms with E-state index in [2.05, 4.69) is 9.88 Å². The fourth-order valence-electron chi connectivity index (χ4n) is 2.24. The molecule has 2 rings (SSSR count). The lowest BCUT2D eigenvalue weighted by atomic mass is 10.00. The van der Waals surface area contributed by atoms with Crippen molar-refractivity contribution in [3.8, 4) is 0 Å². The van der Waals surface area contributed by atoms with E-state index in [4.69, 9.17) is 11.6 Å². The standard InChI is InChI=1S/C11H17ClN2S/c12-5-4-10-3-1-2-6-14(10)8-11-7-13-9-15-11/h7,9-10H,1-6,8H2. The Kier molecular flexibility index (Phi) is 4.42. The largest absolute Gasteiger partial charge is 0.295 e. The zero-order valence-corrected chi connectivity index (χ0v) is 10.4. The van der Waals surface area contributed by atoms with Crippen molar-refractivity contribution >= 4 is 22.9 Å². The van der Waals surface area contributed by atoms with E-state index in [9.17, 15) is 0 Å². The molecule has 1 unspecified atom stereocenters. The summed E-state index contributed by atoms with van der Waals surface area (Å²) >= 11 is 7.60. The number of thiazole rings is 1. The minimum atomic E-state index is 0.693. The molecule has 0 amide bonds. The van der Waals surface area contributed by atoms with Gasteiger partial charge in [-0.3, -0.25) is 9.88 Å². The van der Waals surface area contributed by atoms with Crippen molar-refractivity contribution in [1.82, 2.24) is 9.88 Å². The van der Waals surface area contributed by atoms with Gasteiger partial charge in [0.05, 0.1) is 5.51 Å². The minimum absolute atomic E-state index is 0.693. The van der Waals surface area contributed by atoms with Crippen LogP contribution in [0.5, 0.6) is 0 Å². The van der Waals surface area contributed by atoms with E-state index in [1.807, 2.05) is 11.7 Å². The molecule has 0 radical (unpaired) electrons. The van der Waals surface area contributed by atoms with Crippen LogP contribution in [0.15, 0.2) is 11.7 Å². The Hall–Kier alpha value is -0.120. The molecule has 1 aliphatic rings. The summed E-state index contributed by atoms with van der Waals surface area (Å²) in [5.41, 5.74) is 1.91. The molecule has 84 valence electrons. The van der Waals surface area contributed by atoms with E-state index in [0.29, 0.717) is 6.04 Å². The SMILES string of the molecule is ClCCC1CCCCN1Cc1cncs1.